The van der Waals surface area contributed by atoms with Crippen LogP contribution >= 0.6 is 0 Å². The first-order valence-corrected chi connectivity index (χ1v) is 3.00. The Morgan fingerprint density at radius 1 is 1.71 bits per heavy atom. The second-order valence-electron chi connectivity index (χ2n) is 1.15. The van der Waals surface area contributed by atoms with E-state index in [9.17, 15) is 12.8 Å². The van der Waals surface area contributed by atoms with E-state index in [1.807, 2.05) is 0 Å². The molecule has 0 aliphatic heterocycles. The zero-order chi connectivity index (χ0) is 5.86. The van der Waals surface area contributed by atoms with Gasteiger partial charge >= 0.3 is 0 Å². The first kappa shape index (κ1) is 6.88. The Morgan fingerprint density at radius 3 is 2.14 bits per heavy atom. The van der Waals surface area contributed by atoms with Gasteiger partial charge in [-0.05, 0) is 6.92 Å². The lowest BCUT2D eigenvalue weighted by Crippen LogP contribution is -1.99. The second kappa shape index (κ2) is 2.96. The number of thiol groups is 1. The molecule has 0 aliphatic carbocycles. The van der Waals surface area contributed by atoms with Gasteiger partial charge in [0.25, 0.3) is 0 Å². The normalized spacial score (nSPS) is 14.7. The fourth-order valence-electron chi connectivity index (χ4n) is 0.0460. The summed E-state index contributed by atoms with van der Waals surface area (Å²) >= 11 is 0. The van der Waals surface area contributed by atoms with Crippen molar-refractivity contribution in [1.29, 1.82) is 0 Å². The van der Waals surface area contributed by atoms with E-state index < -0.39 is 16.0 Å². The van der Waals surface area contributed by atoms with Gasteiger partial charge in [-0.1, -0.05) is 0 Å². The summed E-state index contributed by atoms with van der Waals surface area (Å²) in [4.78, 5) is 0. The van der Waals surface area contributed by atoms with E-state index in [0.29, 0.717) is 0 Å². The highest BCUT2D eigenvalue weighted by Crippen LogP contribution is 1.91. The molecule has 1 unspecified atom stereocenters. The van der Waals surface area contributed by atoms with E-state index in [4.69, 9.17) is 0 Å². The van der Waals surface area contributed by atoms with E-state index in [-0.39, 0.29) is 6.67 Å². The van der Waals surface area contributed by atoms with Crippen molar-refractivity contribution in [2.45, 2.75) is 12.2 Å². The Kier molecular flexibility index (Phi) is 2.91. The lowest BCUT2D eigenvalue weighted by atomic mass is 10.5. The molecule has 0 N–H and O–H groups in total. The van der Waals surface area contributed by atoms with E-state index in [1.165, 1.54) is 6.92 Å². The molecule has 0 amide bonds. The van der Waals surface area contributed by atoms with Crippen LogP contribution in [0.3, 0.4) is 0 Å². The molecule has 1 atom stereocenters. The number of halogens is 1. The minimum absolute atomic E-state index is 0.145. The van der Waals surface area contributed by atoms with Crippen LogP contribution in [0.2, 0.25) is 0 Å². The van der Waals surface area contributed by atoms with Crippen molar-refractivity contribution in [3.8, 4) is 0 Å². The van der Waals surface area contributed by atoms with Crippen LogP contribution in [0.25, 0.3) is 0 Å². The summed E-state index contributed by atoms with van der Waals surface area (Å²) in [5.74, 6) is 0. The van der Waals surface area contributed by atoms with Gasteiger partial charge in [0.1, 0.15) is 17.4 Å². The summed E-state index contributed by atoms with van der Waals surface area (Å²) in [6.07, 6.45) is 0. The van der Waals surface area contributed by atoms with Crippen LogP contribution in [-0.4, -0.2) is 13.7 Å². The third-order valence-corrected chi connectivity index (χ3v) is 1.29. The van der Waals surface area contributed by atoms with Gasteiger partial charge in [0.15, 0.2) is 0 Å². The van der Waals surface area contributed by atoms with E-state index in [0.717, 1.165) is 0 Å². The zero-order valence-electron chi connectivity index (χ0n) is 3.80. The summed E-state index contributed by atoms with van der Waals surface area (Å²) in [7, 11) is -2.59. The Balaban J connectivity index is 3.57. The van der Waals surface area contributed by atoms with Gasteiger partial charge in [0, 0.05) is 0 Å². The predicted molar refractivity (Wildman–Crippen MR) is 25.2 cm³/mol. The Bertz CT molecular complexity index is 102. The molecular weight excluding hydrogens is 119 g/mol. The maximum Gasteiger partial charge on any atom is 0.149 e. The van der Waals surface area contributed by atoms with Gasteiger partial charge in [0.2, 0.25) is 0 Å². The van der Waals surface area contributed by atoms with Gasteiger partial charge in [-0.3, -0.25) is 0 Å². The van der Waals surface area contributed by atoms with E-state index in [1.54, 1.807) is 0 Å². The number of hydrogen-bond donors (Lipinski definition) is 1. The van der Waals surface area contributed by atoms with Crippen LogP contribution in [0, 0.1) is 6.67 Å². The summed E-state index contributed by atoms with van der Waals surface area (Å²) in [5.41, 5.74) is 0. The molecule has 0 aliphatic rings. The quantitative estimate of drug-likeness (QED) is 0.532. The smallest absolute Gasteiger partial charge is 0.149 e. The summed E-state index contributed by atoms with van der Waals surface area (Å²) in [6, 6.07) is 0. The summed E-state index contributed by atoms with van der Waals surface area (Å²) < 4.78 is 30.5. The summed E-state index contributed by atoms with van der Waals surface area (Å²) in [6.45, 7) is 1.41. The Labute approximate surface area is 43.3 Å². The average Bonchev–Trinajstić information content (AvgIpc) is 1.65. The molecule has 0 fully saturated rings. The molecule has 7 heavy (non-hydrogen) atoms. The molecule has 0 rings (SSSR count). The van der Waals surface area contributed by atoms with Crippen LogP contribution in [0.5, 0.6) is 0 Å². The van der Waals surface area contributed by atoms with Gasteiger partial charge in [-0.2, -0.15) is 0 Å². The van der Waals surface area contributed by atoms with Crippen LogP contribution in [-0.2, 0) is 10.7 Å². The fourth-order valence-corrected chi connectivity index (χ4v) is 0.138. The molecule has 4 heteroatoms. The Hall–Kier alpha value is -0.120. The largest absolute Gasteiger partial charge is 0.243 e. The molecule has 0 aromatic rings. The zero-order valence-corrected chi connectivity index (χ0v) is 4.69. The topological polar surface area (TPSA) is 34.1 Å². The average molecular weight is 125 g/mol. The minimum Gasteiger partial charge on any atom is -0.243 e. The highest BCUT2D eigenvalue weighted by atomic mass is 32.2. The molecule has 0 bridgehead atoms. The van der Waals surface area contributed by atoms with Crippen molar-refractivity contribution < 1.29 is 12.8 Å². The molecule has 43 valence electrons. The van der Waals surface area contributed by atoms with Gasteiger partial charge < -0.3 is 0 Å². The van der Waals surface area contributed by atoms with Gasteiger partial charge in [-0.25, -0.2) is 12.8 Å². The molecule has 2 nitrogen and oxygen atoms in total. The molecular formula is C3H6FO2S. The first-order valence-electron chi connectivity index (χ1n) is 1.75. The molecule has 0 aromatic carbocycles. The maximum absolute atomic E-state index is 11.1. The van der Waals surface area contributed by atoms with Gasteiger partial charge in [0.05, 0.1) is 5.25 Å². The second-order valence-corrected chi connectivity index (χ2v) is 2.54. The van der Waals surface area contributed by atoms with E-state index in [2.05, 4.69) is 0 Å². The first-order chi connectivity index (χ1) is 3.18. The number of rotatable bonds is 2. The van der Waals surface area contributed by atoms with Crippen molar-refractivity contribution in [3.05, 3.63) is 6.67 Å². The predicted octanol–water partition coefficient (Wildman–Crippen LogP) is 0.118. The van der Waals surface area contributed by atoms with E-state index >= 15 is 0 Å². The summed E-state index contributed by atoms with van der Waals surface area (Å²) in [5, 5.41) is -0.935. The fraction of sp³-hybridized carbons (Fsp3) is 0.667. The lowest BCUT2D eigenvalue weighted by Gasteiger charge is -1.87. The molecule has 0 heterocycles. The highest BCUT2D eigenvalue weighted by Gasteiger charge is 2.00. The van der Waals surface area contributed by atoms with Crippen LogP contribution < -0.4 is 0 Å². The number of hydrogen-bond acceptors (Lipinski definition) is 2. The molecule has 0 saturated heterocycles. The minimum atomic E-state index is -2.59. The van der Waals surface area contributed by atoms with Gasteiger partial charge in [-0.15, -0.1) is 0 Å². The standard InChI is InChI=1S/C3H6FO2S/c1-3(2-4)7(5)6/h2-3,7H,1H3. The maximum atomic E-state index is 11.1. The van der Waals surface area contributed by atoms with Crippen molar-refractivity contribution in [2.75, 3.05) is 0 Å². The Morgan fingerprint density at radius 2 is 2.14 bits per heavy atom. The van der Waals surface area contributed by atoms with Crippen molar-refractivity contribution in [2.24, 2.45) is 0 Å². The van der Waals surface area contributed by atoms with Crippen LogP contribution in [0.15, 0.2) is 0 Å². The van der Waals surface area contributed by atoms with Crippen molar-refractivity contribution in [1.82, 2.24) is 0 Å². The van der Waals surface area contributed by atoms with Crippen molar-refractivity contribution in [3.63, 3.8) is 0 Å². The molecule has 0 saturated carbocycles. The molecule has 1 radical (unpaired) electrons. The monoisotopic (exact) mass is 125 g/mol. The SMILES string of the molecule is CC([CH]F)[SH](=O)=O. The van der Waals surface area contributed by atoms with Crippen LogP contribution in [0.1, 0.15) is 6.92 Å². The van der Waals surface area contributed by atoms with Crippen LogP contribution in [0.4, 0.5) is 4.39 Å². The van der Waals surface area contributed by atoms with Crippen molar-refractivity contribution >= 4 is 10.7 Å². The lowest BCUT2D eigenvalue weighted by molar-refractivity contribution is 0.564. The molecule has 0 spiro atoms. The third-order valence-electron chi connectivity index (χ3n) is 0.515. The molecule has 0 aromatic heterocycles. The highest BCUT2D eigenvalue weighted by molar-refractivity contribution is 7.73. The third kappa shape index (κ3) is 2.56.